The van der Waals surface area contributed by atoms with Crippen molar-refractivity contribution in [3.8, 4) is 0 Å². The minimum Gasteiger partial charge on any atom is -0.352 e. The zero-order valence-electron chi connectivity index (χ0n) is 14.2. The number of carbonyl (C=O) groups is 1. The van der Waals surface area contributed by atoms with Crippen LogP contribution in [-0.2, 0) is 11.3 Å². The third-order valence-electron chi connectivity index (χ3n) is 4.08. The zero-order chi connectivity index (χ0) is 17.4. The van der Waals surface area contributed by atoms with E-state index in [-0.39, 0.29) is 24.1 Å². The van der Waals surface area contributed by atoms with E-state index >= 15 is 0 Å². The van der Waals surface area contributed by atoms with Gasteiger partial charge in [-0.25, -0.2) is 9.97 Å². The molecule has 0 radical (unpaired) electrons. The first kappa shape index (κ1) is 16.6. The van der Waals surface area contributed by atoms with Crippen LogP contribution in [0, 0.1) is 13.8 Å². The van der Waals surface area contributed by atoms with E-state index in [4.69, 9.17) is 0 Å². The molecule has 7 heteroatoms. The Hall–Kier alpha value is -2.28. The second-order valence-corrected chi connectivity index (χ2v) is 7.09. The first-order valence-corrected chi connectivity index (χ1v) is 8.77. The Morgan fingerprint density at radius 3 is 2.88 bits per heavy atom. The topological polar surface area (TPSA) is 76.9 Å². The van der Waals surface area contributed by atoms with Crippen molar-refractivity contribution in [2.24, 2.45) is 0 Å². The third kappa shape index (κ3) is 2.91. The van der Waals surface area contributed by atoms with Gasteiger partial charge in [0.15, 0.2) is 0 Å². The van der Waals surface area contributed by atoms with Crippen LogP contribution in [0.5, 0.6) is 0 Å². The maximum Gasteiger partial charge on any atom is 0.271 e. The summed E-state index contributed by atoms with van der Waals surface area (Å²) in [6, 6.07) is 2.07. The van der Waals surface area contributed by atoms with Gasteiger partial charge >= 0.3 is 0 Å². The van der Waals surface area contributed by atoms with Crippen LogP contribution in [-0.4, -0.2) is 26.5 Å². The van der Waals surface area contributed by atoms with Gasteiger partial charge in [0.1, 0.15) is 16.1 Å². The number of amides is 1. The fraction of sp³-hybridized carbons (Fsp3) is 0.412. The van der Waals surface area contributed by atoms with Crippen molar-refractivity contribution in [3.63, 3.8) is 0 Å². The van der Waals surface area contributed by atoms with Crippen LogP contribution in [0.15, 0.2) is 17.2 Å². The maximum absolute atomic E-state index is 12.7. The molecular formula is C17H20N4O2S. The number of carbonyl (C=O) groups excluding carboxylic acids is 1. The smallest absolute Gasteiger partial charge is 0.271 e. The molecule has 0 aromatic carbocycles. The fourth-order valence-electron chi connectivity index (χ4n) is 2.69. The van der Waals surface area contributed by atoms with E-state index in [1.807, 2.05) is 33.8 Å². The maximum atomic E-state index is 12.7. The second-order valence-electron chi connectivity index (χ2n) is 6.09. The number of fused-ring (bicyclic) bond motifs is 3. The van der Waals surface area contributed by atoms with Gasteiger partial charge in [-0.05, 0) is 38.8 Å². The van der Waals surface area contributed by atoms with Gasteiger partial charge in [-0.2, -0.15) is 0 Å². The molecule has 24 heavy (non-hydrogen) atoms. The van der Waals surface area contributed by atoms with E-state index in [0.717, 1.165) is 27.9 Å². The van der Waals surface area contributed by atoms with Gasteiger partial charge in [-0.15, -0.1) is 11.3 Å². The molecule has 3 rings (SSSR count). The van der Waals surface area contributed by atoms with Crippen LogP contribution in [0.4, 0.5) is 0 Å². The molecule has 0 aliphatic rings. The first-order chi connectivity index (χ1) is 11.4. The summed E-state index contributed by atoms with van der Waals surface area (Å²) in [7, 11) is 0. The third-order valence-corrected chi connectivity index (χ3v) is 5.14. The summed E-state index contributed by atoms with van der Waals surface area (Å²) >= 11 is 1.34. The Morgan fingerprint density at radius 2 is 2.17 bits per heavy atom. The van der Waals surface area contributed by atoms with Gasteiger partial charge < -0.3 is 5.32 Å². The number of nitrogens with zero attached hydrogens (tertiary/aromatic N) is 3. The van der Waals surface area contributed by atoms with E-state index in [2.05, 4.69) is 15.3 Å². The Morgan fingerprint density at radius 1 is 1.42 bits per heavy atom. The largest absolute Gasteiger partial charge is 0.352 e. The summed E-state index contributed by atoms with van der Waals surface area (Å²) in [5.41, 5.74) is 2.45. The lowest BCUT2D eigenvalue weighted by atomic mass is 10.1. The summed E-state index contributed by atoms with van der Waals surface area (Å²) in [5, 5.41) is 3.79. The molecule has 0 aliphatic carbocycles. The summed E-state index contributed by atoms with van der Waals surface area (Å²) in [6.07, 6.45) is 2.30. The highest BCUT2D eigenvalue weighted by atomic mass is 32.1. The van der Waals surface area contributed by atoms with E-state index in [9.17, 15) is 9.59 Å². The molecule has 1 atom stereocenters. The lowest BCUT2D eigenvalue weighted by molar-refractivity contribution is -0.122. The molecule has 0 unspecified atom stereocenters. The standard InChI is InChI=1S/C17H20N4O2S/c1-5-10(3)19-12(22)7-21-8-18-14-13-9(2)6-11(4)20-16(13)24-15(14)17(21)23/h6,8,10H,5,7H2,1-4H3,(H,19,22)/t10-/m1/s1. The van der Waals surface area contributed by atoms with Crippen molar-refractivity contribution in [1.29, 1.82) is 0 Å². The number of pyridine rings is 1. The number of hydrogen-bond donors (Lipinski definition) is 1. The summed E-state index contributed by atoms with van der Waals surface area (Å²) < 4.78 is 1.91. The van der Waals surface area contributed by atoms with Crippen molar-refractivity contribution in [1.82, 2.24) is 19.9 Å². The van der Waals surface area contributed by atoms with E-state index in [0.29, 0.717) is 10.2 Å². The summed E-state index contributed by atoms with van der Waals surface area (Å²) in [4.78, 5) is 34.5. The van der Waals surface area contributed by atoms with Crippen LogP contribution in [0.1, 0.15) is 31.5 Å². The summed E-state index contributed by atoms with van der Waals surface area (Å²) in [5.74, 6) is -0.182. The van der Waals surface area contributed by atoms with Gasteiger partial charge in [0, 0.05) is 17.1 Å². The molecule has 0 spiro atoms. The number of aromatic nitrogens is 3. The molecule has 3 aromatic heterocycles. The predicted octanol–water partition coefficient (Wildman–Crippen LogP) is 2.54. The lowest BCUT2D eigenvalue weighted by Gasteiger charge is -2.12. The number of nitrogens with one attached hydrogen (secondary N) is 1. The Kier molecular flexibility index (Phi) is 4.36. The molecule has 6 nitrogen and oxygen atoms in total. The lowest BCUT2D eigenvalue weighted by Crippen LogP contribution is -2.37. The monoisotopic (exact) mass is 344 g/mol. The summed E-state index contributed by atoms with van der Waals surface area (Å²) in [6.45, 7) is 7.84. The highest BCUT2D eigenvalue weighted by Crippen LogP contribution is 2.31. The molecule has 0 aliphatic heterocycles. The number of thiophene rings is 1. The van der Waals surface area contributed by atoms with Gasteiger partial charge in [0.05, 0.1) is 11.8 Å². The van der Waals surface area contributed by atoms with Crippen molar-refractivity contribution >= 4 is 37.7 Å². The van der Waals surface area contributed by atoms with Crippen molar-refractivity contribution in [2.75, 3.05) is 0 Å². The molecule has 3 heterocycles. The molecule has 3 aromatic rings. The van der Waals surface area contributed by atoms with E-state index in [1.54, 1.807) is 0 Å². The average molecular weight is 344 g/mol. The van der Waals surface area contributed by atoms with E-state index in [1.165, 1.54) is 22.2 Å². The highest BCUT2D eigenvalue weighted by Gasteiger charge is 2.16. The molecule has 1 N–H and O–H groups in total. The van der Waals surface area contributed by atoms with Crippen LogP contribution >= 0.6 is 11.3 Å². The van der Waals surface area contributed by atoms with Crippen molar-refractivity contribution < 1.29 is 4.79 Å². The molecule has 0 saturated carbocycles. The van der Waals surface area contributed by atoms with E-state index < -0.39 is 0 Å². The average Bonchev–Trinajstić information content (AvgIpc) is 2.89. The molecule has 0 bridgehead atoms. The highest BCUT2D eigenvalue weighted by molar-refractivity contribution is 7.25. The Labute approximate surface area is 143 Å². The SMILES string of the molecule is CC[C@@H](C)NC(=O)Cn1cnc2c(sc3nc(C)cc(C)c32)c1=O. The van der Waals surface area contributed by atoms with Crippen LogP contribution in [0.2, 0.25) is 0 Å². The van der Waals surface area contributed by atoms with Crippen LogP contribution in [0.25, 0.3) is 20.4 Å². The first-order valence-electron chi connectivity index (χ1n) is 7.96. The number of aryl methyl sites for hydroxylation is 2. The molecular weight excluding hydrogens is 324 g/mol. The minimum atomic E-state index is -0.195. The van der Waals surface area contributed by atoms with Crippen LogP contribution in [0.3, 0.4) is 0 Å². The molecule has 1 amide bonds. The normalized spacial score (nSPS) is 12.7. The number of hydrogen-bond acceptors (Lipinski definition) is 5. The Bertz CT molecular complexity index is 990. The predicted molar refractivity (Wildman–Crippen MR) is 96.6 cm³/mol. The minimum absolute atomic E-state index is 0.0220. The zero-order valence-corrected chi connectivity index (χ0v) is 15.0. The van der Waals surface area contributed by atoms with Gasteiger partial charge in [0.2, 0.25) is 5.91 Å². The number of rotatable bonds is 4. The van der Waals surface area contributed by atoms with Gasteiger partial charge in [-0.1, -0.05) is 6.92 Å². The van der Waals surface area contributed by atoms with Crippen molar-refractivity contribution in [2.45, 2.75) is 46.7 Å². The molecule has 0 saturated heterocycles. The van der Waals surface area contributed by atoms with Gasteiger partial charge in [-0.3, -0.25) is 14.2 Å². The van der Waals surface area contributed by atoms with Crippen molar-refractivity contribution in [3.05, 3.63) is 34.0 Å². The Balaban J connectivity index is 2.05. The van der Waals surface area contributed by atoms with Gasteiger partial charge in [0.25, 0.3) is 5.56 Å². The molecule has 126 valence electrons. The molecule has 0 fully saturated rings. The quantitative estimate of drug-likeness (QED) is 0.789. The second kappa shape index (κ2) is 6.32. The fourth-order valence-corrected chi connectivity index (χ4v) is 3.89. The van der Waals surface area contributed by atoms with Crippen LogP contribution < -0.4 is 10.9 Å².